The summed E-state index contributed by atoms with van der Waals surface area (Å²) in [6, 6.07) is 10.4. The van der Waals surface area contributed by atoms with Gasteiger partial charge in [0, 0.05) is 16.6 Å². The highest BCUT2D eigenvalue weighted by atomic mass is 32.1. The Kier molecular flexibility index (Phi) is 5.55. The molecule has 2 aliphatic heterocycles. The highest BCUT2D eigenvalue weighted by Crippen LogP contribution is 2.35. The van der Waals surface area contributed by atoms with E-state index in [1.807, 2.05) is 28.3 Å². The lowest BCUT2D eigenvalue weighted by Gasteiger charge is -2.26. The highest BCUT2D eigenvalue weighted by molar-refractivity contribution is 7.09. The van der Waals surface area contributed by atoms with E-state index in [2.05, 4.69) is 5.32 Å². The van der Waals surface area contributed by atoms with E-state index >= 15 is 0 Å². The lowest BCUT2D eigenvalue weighted by atomic mass is 9.95. The zero-order valence-electron chi connectivity index (χ0n) is 17.8. The van der Waals surface area contributed by atoms with Crippen LogP contribution >= 0.6 is 22.7 Å². The number of carbonyl (C=O) groups excluding carboxylic acids is 3. The second-order valence-corrected chi connectivity index (χ2v) is 9.66. The second-order valence-electron chi connectivity index (χ2n) is 7.85. The molecule has 0 spiro atoms. The number of nitrogens with zero attached hydrogens (tertiary/aromatic N) is 2. The number of benzene rings is 1. The zero-order valence-corrected chi connectivity index (χ0v) is 19.4. The number of rotatable bonds is 6. The van der Waals surface area contributed by atoms with Crippen molar-refractivity contribution in [3.05, 3.63) is 63.0 Å². The Morgan fingerprint density at radius 3 is 2.70 bits per heavy atom. The Morgan fingerprint density at radius 1 is 1.15 bits per heavy atom. The zero-order chi connectivity index (χ0) is 23.0. The minimum Gasteiger partial charge on any atom is -0.486 e. The van der Waals surface area contributed by atoms with Gasteiger partial charge in [-0.1, -0.05) is 6.07 Å². The molecule has 1 N–H and O–H groups in total. The summed E-state index contributed by atoms with van der Waals surface area (Å²) in [6.07, 6.45) is 0. The first-order valence-corrected chi connectivity index (χ1v) is 12.2. The van der Waals surface area contributed by atoms with Crippen LogP contribution in [0.4, 0.5) is 10.5 Å². The molecule has 1 unspecified atom stereocenters. The van der Waals surface area contributed by atoms with Crippen LogP contribution in [-0.2, 0) is 21.7 Å². The van der Waals surface area contributed by atoms with Crippen molar-refractivity contribution >= 4 is 46.2 Å². The molecule has 1 aromatic carbocycles. The molecule has 0 saturated carbocycles. The Bertz CT molecular complexity index is 1190. The molecule has 33 heavy (non-hydrogen) atoms. The standard InChI is InChI=1S/C23H21N3O5S2/c1-23(15-6-10-32-14-15)21(28)26(22(29)24-23)13-20(27)25(12-17-3-2-9-33-17)16-4-5-18-19(11-16)31-8-7-30-18/h2-6,9-11,14H,7-8,12-13H2,1H3,(H,24,29). The quantitative estimate of drug-likeness (QED) is 0.542. The van der Waals surface area contributed by atoms with Crippen LogP contribution in [-0.4, -0.2) is 42.5 Å². The van der Waals surface area contributed by atoms with Crippen LogP contribution < -0.4 is 19.7 Å². The van der Waals surface area contributed by atoms with E-state index in [9.17, 15) is 14.4 Å². The number of nitrogens with one attached hydrogen (secondary N) is 1. The van der Waals surface area contributed by atoms with Gasteiger partial charge in [0.1, 0.15) is 25.3 Å². The summed E-state index contributed by atoms with van der Waals surface area (Å²) in [6.45, 7) is 2.49. The minimum absolute atomic E-state index is 0.307. The van der Waals surface area contributed by atoms with E-state index in [1.165, 1.54) is 22.7 Å². The molecule has 8 nitrogen and oxygen atoms in total. The van der Waals surface area contributed by atoms with Gasteiger partial charge >= 0.3 is 6.03 Å². The van der Waals surface area contributed by atoms with Crippen LogP contribution in [0.1, 0.15) is 17.4 Å². The first-order valence-electron chi connectivity index (χ1n) is 10.3. The van der Waals surface area contributed by atoms with Crippen LogP contribution in [0.5, 0.6) is 11.5 Å². The van der Waals surface area contributed by atoms with Crippen LogP contribution in [0.25, 0.3) is 0 Å². The van der Waals surface area contributed by atoms with Crippen LogP contribution in [0, 0.1) is 0 Å². The lowest BCUT2D eigenvalue weighted by molar-refractivity contribution is -0.134. The fraction of sp³-hybridized carbons (Fsp3) is 0.261. The normalized spacial score (nSPS) is 19.5. The summed E-state index contributed by atoms with van der Waals surface area (Å²) in [5.74, 6) is 0.354. The molecule has 0 aliphatic carbocycles. The fourth-order valence-electron chi connectivity index (χ4n) is 3.89. The van der Waals surface area contributed by atoms with Gasteiger partial charge < -0.3 is 19.7 Å². The first-order chi connectivity index (χ1) is 16.0. The maximum Gasteiger partial charge on any atom is 0.325 e. The number of hydrogen-bond acceptors (Lipinski definition) is 7. The van der Waals surface area contributed by atoms with E-state index in [0.717, 1.165) is 9.78 Å². The molecule has 0 radical (unpaired) electrons. The molecule has 1 atom stereocenters. The molecule has 1 saturated heterocycles. The van der Waals surface area contributed by atoms with Crippen molar-refractivity contribution in [1.82, 2.24) is 10.2 Å². The van der Waals surface area contributed by atoms with Gasteiger partial charge in [-0.2, -0.15) is 11.3 Å². The van der Waals surface area contributed by atoms with E-state index in [4.69, 9.17) is 9.47 Å². The van der Waals surface area contributed by atoms with Gasteiger partial charge in [0.15, 0.2) is 11.5 Å². The number of amides is 4. The monoisotopic (exact) mass is 483 g/mol. The van der Waals surface area contributed by atoms with E-state index in [1.54, 1.807) is 36.1 Å². The van der Waals surface area contributed by atoms with Crippen molar-refractivity contribution in [2.45, 2.75) is 19.0 Å². The number of ether oxygens (including phenoxy) is 2. The van der Waals surface area contributed by atoms with E-state index in [-0.39, 0.29) is 12.5 Å². The Morgan fingerprint density at radius 2 is 1.97 bits per heavy atom. The Balaban J connectivity index is 1.42. The SMILES string of the molecule is CC1(c2ccsc2)NC(=O)N(CC(=O)N(Cc2cccs2)c2ccc3c(c2)OCCO3)C1=O. The largest absolute Gasteiger partial charge is 0.486 e. The number of anilines is 1. The Hall–Kier alpha value is -3.37. The van der Waals surface area contributed by atoms with Crippen LogP contribution in [0.15, 0.2) is 52.5 Å². The number of carbonyl (C=O) groups is 3. The third kappa shape index (κ3) is 3.96. The average molecular weight is 484 g/mol. The second kappa shape index (κ2) is 8.53. The smallest absolute Gasteiger partial charge is 0.325 e. The molecule has 5 rings (SSSR count). The fourth-order valence-corrected chi connectivity index (χ4v) is 5.34. The van der Waals surface area contributed by atoms with Gasteiger partial charge in [-0.3, -0.25) is 14.5 Å². The lowest BCUT2D eigenvalue weighted by Crippen LogP contribution is -2.44. The number of imide groups is 1. The topological polar surface area (TPSA) is 88.2 Å². The van der Waals surface area contributed by atoms with Crippen molar-refractivity contribution < 1.29 is 23.9 Å². The maximum atomic E-state index is 13.5. The molecule has 2 aromatic heterocycles. The van der Waals surface area contributed by atoms with Crippen molar-refractivity contribution in [3.63, 3.8) is 0 Å². The summed E-state index contributed by atoms with van der Waals surface area (Å²) in [5.41, 5.74) is 0.112. The van der Waals surface area contributed by atoms with Crippen LogP contribution in [0.2, 0.25) is 0 Å². The minimum atomic E-state index is -1.19. The summed E-state index contributed by atoms with van der Waals surface area (Å²) >= 11 is 2.97. The predicted octanol–water partition coefficient (Wildman–Crippen LogP) is 3.58. The van der Waals surface area contributed by atoms with Gasteiger partial charge in [0.25, 0.3) is 5.91 Å². The van der Waals surface area contributed by atoms with Crippen molar-refractivity contribution in [3.8, 4) is 11.5 Å². The molecule has 2 aliphatic rings. The van der Waals surface area contributed by atoms with Gasteiger partial charge in [-0.05, 0) is 52.9 Å². The molecule has 4 amide bonds. The van der Waals surface area contributed by atoms with Gasteiger partial charge in [-0.25, -0.2) is 4.79 Å². The molecular weight excluding hydrogens is 462 g/mol. The molecule has 3 aromatic rings. The highest BCUT2D eigenvalue weighted by Gasteiger charge is 2.50. The predicted molar refractivity (Wildman–Crippen MR) is 125 cm³/mol. The third-order valence-electron chi connectivity index (χ3n) is 5.70. The molecule has 10 heteroatoms. The van der Waals surface area contributed by atoms with Crippen molar-refractivity contribution in [2.75, 3.05) is 24.7 Å². The summed E-state index contributed by atoms with van der Waals surface area (Å²) in [5, 5.41) is 8.34. The molecule has 4 heterocycles. The summed E-state index contributed by atoms with van der Waals surface area (Å²) < 4.78 is 11.3. The number of thiophene rings is 2. The summed E-state index contributed by atoms with van der Waals surface area (Å²) in [4.78, 5) is 42.9. The molecule has 1 fully saturated rings. The molecule has 0 bridgehead atoms. The first kappa shape index (κ1) is 21.5. The number of fused-ring (bicyclic) bond motifs is 1. The third-order valence-corrected chi connectivity index (χ3v) is 7.24. The molecule has 170 valence electrons. The van der Waals surface area contributed by atoms with Crippen molar-refractivity contribution in [2.24, 2.45) is 0 Å². The maximum absolute atomic E-state index is 13.5. The van der Waals surface area contributed by atoms with E-state index < -0.39 is 17.5 Å². The number of urea groups is 1. The average Bonchev–Trinajstić information content (AvgIpc) is 3.57. The van der Waals surface area contributed by atoms with Gasteiger partial charge in [-0.15, -0.1) is 11.3 Å². The van der Waals surface area contributed by atoms with Gasteiger partial charge in [0.05, 0.1) is 6.54 Å². The van der Waals surface area contributed by atoms with Gasteiger partial charge in [0.2, 0.25) is 5.91 Å². The number of hydrogen-bond donors (Lipinski definition) is 1. The Labute approximate surface area is 198 Å². The molecular formula is C23H21N3O5S2. The van der Waals surface area contributed by atoms with Crippen molar-refractivity contribution in [1.29, 1.82) is 0 Å². The van der Waals surface area contributed by atoms with Crippen LogP contribution in [0.3, 0.4) is 0 Å². The summed E-state index contributed by atoms with van der Waals surface area (Å²) in [7, 11) is 0. The van der Waals surface area contributed by atoms with E-state index in [0.29, 0.717) is 42.5 Å².